The molecule has 0 amide bonds. The highest BCUT2D eigenvalue weighted by Crippen LogP contribution is 2.12. The van der Waals surface area contributed by atoms with Crippen molar-refractivity contribution in [1.82, 2.24) is 15.4 Å². The Morgan fingerprint density at radius 3 is 3.13 bits per heavy atom. The van der Waals surface area contributed by atoms with Gasteiger partial charge in [0.2, 0.25) is 0 Å². The van der Waals surface area contributed by atoms with E-state index >= 15 is 0 Å². The largest absolute Gasteiger partial charge is 0.361 e. The Hall–Kier alpha value is -0.870. The van der Waals surface area contributed by atoms with E-state index in [0.29, 0.717) is 6.04 Å². The van der Waals surface area contributed by atoms with Crippen molar-refractivity contribution in [3.05, 3.63) is 17.5 Å². The predicted molar refractivity (Wildman–Crippen MR) is 58.6 cm³/mol. The minimum Gasteiger partial charge on any atom is -0.361 e. The Kier molecular flexibility index (Phi) is 3.38. The van der Waals surface area contributed by atoms with Crippen molar-refractivity contribution in [2.24, 2.45) is 0 Å². The van der Waals surface area contributed by atoms with Gasteiger partial charge in [0, 0.05) is 25.2 Å². The molecule has 0 saturated carbocycles. The number of aromatic nitrogens is 1. The molecular formula is C11H19N3O. The standard InChI is InChI=1S/C11H19N3O/c1-9-6-10(13-15-9)8-14(2)11-4-3-5-12-7-11/h6,11-12H,3-5,7-8H2,1-2H3. The molecule has 0 aromatic carbocycles. The van der Waals surface area contributed by atoms with Crippen LogP contribution in [0.1, 0.15) is 24.3 Å². The van der Waals surface area contributed by atoms with E-state index in [4.69, 9.17) is 4.52 Å². The maximum absolute atomic E-state index is 5.06. The fourth-order valence-corrected chi connectivity index (χ4v) is 2.09. The van der Waals surface area contributed by atoms with Crippen molar-refractivity contribution in [1.29, 1.82) is 0 Å². The van der Waals surface area contributed by atoms with Crippen LogP contribution in [0.4, 0.5) is 0 Å². The van der Waals surface area contributed by atoms with E-state index in [1.54, 1.807) is 0 Å². The third-order valence-corrected chi connectivity index (χ3v) is 2.98. The first-order valence-electron chi connectivity index (χ1n) is 5.59. The van der Waals surface area contributed by atoms with Crippen LogP contribution in [-0.4, -0.2) is 36.2 Å². The summed E-state index contributed by atoms with van der Waals surface area (Å²) in [5, 5.41) is 7.43. The summed E-state index contributed by atoms with van der Waals surface area (Å²) in [7, 11) is 2.15. The van der Waals surface area contributed by atoms with Gasteiger partial charge in [-0.2, -0.15) is 0 Å². The maximum atomic E-state index is 5.06. The van der Waals surface area contributed by atoms with Gasteiger partial charge in [0.05, 0.1) is 5.69 Å². The lowest BCUT2D eigenvalue weighted by Gasteiger charge is -2.30. The average Bonchev–Trinajstić information content (AvgIpc) is 2.65. The second-order valence-corrected chi connectivity index (χ2v) is 4.34. The van der Waals surface area contributed by atoms with Gasteiger partial charge in [-0.05, 0) is 33.4 Å². The van der Waals surface area contributed by atoms with Crippen molar-refractivity contribution < 1.29 is 4.52 Å². The van der Waals surface area contributed by atoms with Crippen LogP contribution in [-0.2, 0) is 6.54 Å². The van der Waals surface area contributed by atoms with E-state index in [0.717, 1.165) is 31.1 Å². The molecule has 0 bridgehead atoms. The molecule has 1 aliphatic heterocycles. The SMILES string of the molecule is Cc1cc(CN(C)C2CCCNC2)no1. The zero-order chi connectivity index (χ0) is 10.7. The number of rotatable bonds is 3. The van der Waals surface area contributed by atoms with Gasteiger partial charge in [0.15, 0.2) is 0 Å². The first-order chi connectivity index (χ1) is 7.25. The number of likely N-dealkylation sites (N-methyl/N-ethyl adjacent to an activating group) is 1. The predicted octanol–water partition coefficient (Wildman–Crippen LogP) is 1.17. The highest BCUT2D eigenvalue weighted by molar-refractivity contribution is 5.03. The van der Waals surface area contributed by atoms with Gasteiger partial charge in [0.1, 0.15) is 5.76 Å². The number of hydrogen-bond donors (Lipinski definition) is 1. The van der Waals surface area contributed by atoms with Crippen LogP contribution < -0.4 is 5.32 Å². The molecule has 1 saturated heterocycles. The summed E-state index contributed by atoms with van der Waals surface area (Å²) >= 11 is 0. The average molecular weight is 209 g/mol. The lowest BCUT2D eigenvalue weighted by Crippen LogP contribution is -2.43. The normalized spacial score (nSPS) is 22.2. The molecule has 15 heavy (non-hydrogen) atoms. The molecular weight excluding hydrogens is 190 g/mol. The molecule has 4 nitrogen and oxygen atoms in total. The van der Waals surface area contributed by atoms with Crippen LogP contribution in [0.15, 0.2) is 10.6 Å². The smallest absolute Gasteiger partial charge is 0.133 e. The number of aryl methyl sites for hydroxylation is 1. The molecule has 0 spiro atoms. The molecule has 1 N–H and O–H groups in total. The van der Waals surface area contributed by atoms with E-state index in [1.165, 1.54) is 12.8 Å². The van der Waals surface area contributed by atoms with Gasteiger partial charge in [0.25, 0.3) is 0 Å². The Balaban J connectivity index is 1.88. The second-order valence-electron chi connectivity index (χ2n) is 4.34. The topological polar surface area (TPSA) is 41.3 Å². The number of nitrogens with zero attached hydrogens (tertiary/aromatic N) is 2. The monoisotopic (exact) mass is 209 g/mol. The van der Waals surface area contributed by atoms with E-state index < -0.39 is 0 Å². The molecule has 1 aromatic heterocycles. The molecule has 1 aromatic rings. The zero-order valence-electron chi connectivity index (χ0n) is 9.49. The molecule has 1 unspecified atom stereocenters. The summed E-state index contributed by atoms with van der Waals surface area (Å²) in [5.74, 6) is 0.889. The van der Waals surface area contributed by atoms with E-state index in [-0.39, 0.29) is 0 Å². The Labute approximate surface area is 90.6 Å². The molecule has 1 fully saturated rings. The zero-order valence-corrected chi connectivity index (χ0v) is 9.49. The molecule has 1 atom stereocenters. The summed E-state index contributed by atoms with van der Waals surface area (Å²) in [6.07, 6.45) is 2.55. The Morgan fingerprint density at radius 2 is 2.53 bits per heavy atom. The summed E-state index contributed by atoms with van der Waals surface area (Å²) < 4.78 is 5.06. The third-order valence-electron chi connectivity index (χ3n) is 2.98. The van der Waals surface area contributed by atoms with Crippen molar-refractivity contribution >= 4 is 0 Å². The van der Waals surface area contributed by atoms with Gasteiger partial charge in [-0.25, -0.2) is 0 Å². The van der Waals surface area contributed by atoms with Crippen LogP contribution in [0, 0.1) is 6.92 Å². The lowest BCUT2D eigenvalue weighted by atomic mass is 10.1. The van der Waals surface area contributed by atoms with Crippen LogP contribution in [0.3, 0.4) is 0 Å². The molecule has 2 heterocycles. The van der Waals surface area contributed by atoms with Gasteiger partial charge < -0.3 is 9.84 Å². The Morgan fingerprint density at radius 1 is 1.67 bits per heavy atom. The molecule has 84 valence electrons. The van der Waals surface area contributed by atoms with Crippen LogP contribution in [0.25, 0.3) is 0 Å². The fourth-order valence-electron chi connectivity index (χ4n) is 2.09. The van der Waals surface area contributed by atoms with Gasteiger partial charge >= 0.3 is 0 Å². The summed E-state index contributed by atoms with van der Waals surface area (Å²) in [6.45, 7) is 5.06. The second kappa shape index (κ2) is 4.77. The Bertz CT molecular complexity index is 305. The van der Waals surface area contributed by atoms with Crippen LogP contribution >= 0.6 is 0 Å². The fraction of sp³-hybridized carbons (Fsp3) is 0.727. The minimum atomic E-state index is 0.635. The highest BCUT2D eigenvalue weighted by Gasteiger charge is 2.18. The van der Waals surface area contributed by atoms with Crippen molar-refractivity contribution in [3.8, 4) is 0 Å². The first-order valence-corrected chi connectivity index (χ1v) is 5.59. The van der Waals surface area contributed by atoms with Gasteiger partial charge in [-0.15, -0.1) is 0 Å². The van der Waals surface area contributed by atoms with E-state index in [2.05, 4.69) is 22.4 Å². The molecule has 1 aliphatic rings. The molecule has 0 aliphatic carbocycles. The summed E-state index contributed by atoms with van der Waals surface area (Å²) in [6, 6.07) is 2.64. The minimum absolute atomic E-state index is 0.635. The number of nitrogens with one attached hydrogen (secondary N) is 1. The van der Waals surface area contributed by atoms with Crippen LogP contribution in [0.2, 0.25) is 0 Å². The summed E-state index contributed by atoms with van der Waals surface area (Å²) in [5.41, 5.74) is 1.03. The van der Waals surface area contributed by atoms with E-state index in [1.807, 2.05) is 13.0 Å². The van der Waals surface area contributed by atoms with Crippen molar-refractivity contribution in [3.63, 3.8) is 0 Å². The third kappa shape index (κ3) is 2.79. The number of hydrogen-bond acceptors (Lipinski definition) is 4. The van der Waals surface area contributed by atoms with Gasteiger partial charge in [-0.1, -0.05) is 5.16 Å². The van der Waals surface area contributed by atoms with Crippen LogP contribution in [0.5, 0.6) is 0 Å². The first kappa shape index (κ1) is 10.6. The quantitative estimate of drug-likeness (QED) is 0.811. The van der Waals surface area contributed by atoms with E-state index in [9.17, 15) is 0 Å². The number of piperidine rings is 1. The van der Waals surface area contributed by atoms with Crippen molar-refractivity contribution in [2.75, 3.05) is 20.1 Å². The molecule has 4 heteroatoms. The summed E-state index contributed by atoms with van der Waals surface area (Å²) in [4.78, 5) is 2.35. The molecule has 0 radical (unpaired) electrons. The van der Waals surface area contributed by atoms with Gasteiger partial charge in [-0.3, -0.25) is 4.90 Å². The highest BCUT2D eigenvalue weighted by atomic mass is 16.5. The lowest BCUT2D eigenvalue weighted by molar-refractivity contribution is 0.191. The van der Waals surface area contributed by atoms with Crippen molar-refractivity contribution in [2.45, 2.75) is 32.4 Å². The molecule has 2 rings (SSSR count). The maximum Gasteiger partial charge on any atom is 0.133 e.